The fourth-order valence-electron chi connectivity index (χ4n) is 2.66. The van der Waals surface area contributed by atoms with Crippen molar-refractivity contribution in [1.82, 2.24) is 0 Å². The molecule has 0 saturated heterocycles. The van der Waals surface area contributed by atoms with Crippen LogP contribution >= 0.6 is 0 Å². The third-order valence-corrected chi connectivity index (χ3v) is 7.92. The molecule has 2 aromatic carbocycles. The van der Waals surface area contributed by atoms with E-state index in [-0.39, 0.29) is 17.1 Å². The number of benzene rings is 2. The van der Waals surface area contributed by atoms with Crippen molar-refractivity contribution >= 4 is 15.5 Å². The summed E-state index contributed by atoms with van der Waals surface area (Å²) in [5.41, 5.74) is 0.217. The first-order valence-electron chi connectivity index (χ1n) is 13.4. The van der Waals surface area contributed by atoms with E-state index in [1.807, 2.05) is 34.6 Å². The molecule has 0 aromatic heterocycles. The van der Waals surface area contributed by atoms with Gasteiger partial charge in [0, 0.05) is 25.0 Å². The predicted octanol–water partition coefficient (Wildman–Crippen LogP) is 8.27. The summed E-state index contributed by atoms with van der Waals surface area (Å²) in [5, 5.41) is 7.88. The molecule has 38 heavy (non-hydrogen) atoms. The molecule has 218 valence electrons. The van der Waals surface area contributed by atoms with E-state index in [0.29, 0.717) is 24.7 Å². The predicted molar refractivity (Wildman–Crippen MR) is 156 cm³/mol. The van der Waals surface area contributed by atoms with Crippen molar-refractivity contribution in [2.75, 3.05) is 20.3 Å². The molecule has 3 rings (SSSR count). The molecule has 0 spiro atoms. The van der Waals surface area contributed by atoms with Crippen molar-refractivity contribution in [2.24, 2.45) is 5.92 Å². The zero-order chi connectivity index (χ0) is 29.8. The maximum absolute atomic E-state index is 14.0. The third-order valence-electron chi connectivity index (χ3n) is 5.42. The summed E-state index contributed by atoms with van der Waals surface area (Å²) in [5.74, 6) is -0.119. The molecule has 1 fully saturated rings. The lowest BCUT2D eigenvalue weighted by molar-refractivity contribution is 0.215. The van der Waals surface area contributed by atoms with Crippen molar-refractivity contribution in [3.8, 4) is 5.75 Å². The third kappa shape index (κ3) is 14.6. The molecule has 2 aromatic rings. The molecule has 0 bridgehead atoms. The van der Waals surface area contributed by atoms with Gasteiger partial charge in [0.05, 0.1) is 12.4 Å². The summed E-state index contributed by atoms with van der Waals surface area (Å²) in [6.45, 7) is 16.1. The Morgan fingerprint density at radius 3 is 1.92 bits per heavy atom. The van der Waals surface area contributed by atoms with Gasteiger partial charge in [0.1, 0.15) is 22.1 Å². The minimum atomic E-state index is -3.70. The Bertz CT molecular complexity index is 991. The first-order valence-corrected chi connectivity index (χ1v) is 15.0. The van der Waals surface area contributed by atoms with E-state index in [2.05, 4.69) is 4.74 Å². The smallest absolute Gasteiger partial charge is 0.165 e. The van der Waals surface area contributed by atoms with Gasteiger partial charge in [0.2, 0.25) is 0 Å². The molecule has 1 aliphatic carbocycles. The molecule has 0 amide bonds. The Morgan fingerprint density at radius 1 is 1.00 bits per heavy atom. The van der Waals surface area contributed by atoms with Crippen LogP contribution in [0.3, 0.4) is 0 Å². The lowest BCUT2D eigenvalue weighted by atomic mass is 10.1. The minimum Gasteiger partial charge on any atom is -0.493 e. The Labute approximate surface area is 230 Å². The zero-order valence-corrected chi connectivity index (χ0v) is 25.6. The van der Waals surface area contributed by atoms with Crippen LogP contribution in [0.2, 0.25) is 0 Å². The number of halogens is 2. The van der Waals surface area contributed by atoms with Crippen LogP contribution in [0, 0.1) is 23.0 Å². The minimum absolute atomic E-state index is 0.0928. The van der Waals surface area contributed by atoms with E-state index in [9.17, 15) is 17.2 Å². The van der Waals surface area contributed by atoms with Gasteiger partial charge in [-0.15, -0.1) is 0 Å². The highest BCUT2D eigenvalue weighted by molar-refractivity contribution is 7.92. The number of hydrogen-bond donors (Lipinski definition) is 1. The summed E-state index contributed by atoms with van der Waals surface area (Å²) in [4.78, 5) is 0. The lowest BCUT2D eigenvalue weighted by Gasteiger charge is -2.25. The summed E-state index contributed by atoms with van der Waals surface area (Å²) in [6.07, 6.45) is 2.64. The monoisotopic (exact) mass is 557 g/mol. The first kappa shape index (κ1) is 37.8. The SMILES string of the molecule is CC.CC.CCC(=N)C(C)(C)S(=O)(=O)Cc1cc(OCC2CC2)ccc1F.CCOC.Fc1ccccc1. The second kappa shape index (κ2) is 20.6. The molecule has 0 heterocycles. The van der Waals surface area contributed by atoms with Gasteiger partial charge in [0.15, 0.2) is 9.84 Å². The van der Waals surface area contributed by atoms with Gasteiger partial charge >= 0.3 is 0 Å². The largest absolute Gasteiger partial charge is 0.493 e. The maximum atomic E-state index is 14.0. The standard InChI is InChI=1S/C17H24FNO3S.C6H5F.C3H8O.2C2H6/c1-4-16(19)17(2,3)23(20,21)11-13-9-14(7-8-15(13)18)22-10-12-5-6-12;7-6-4-2-1-3-5-6;1-3-4-2;2*1-2/h7-9,12,19H,4-6,10-11H2,1-3H3;1-5H;3H2,1-2H3;2*1-2H3. The van der Waals surface area contributed by atoms with Crippen molar-refractivity contribution in [3.63, 3.8) is 0 Å². The fraction of sp³-hybridized carbons (Fsp3) is 0.567. The molecule has 1 aliphatic rings. The van der Waals surface area contributed by atoms with E-state index in [4.69, 9.17) is 10.1 Å². The number of nitrogens with one attached hydrogen (secondary N) is 1. The van der Waals surface area contributed by atoms with Gasteiger partial charge in [-0.3, -0.25) is 0 Å². The molecule has 8 heteroatoms. The normalized spacial score (nSPS) is 12.1. The van der Waals surface area contributed by atoms with E-state index >= 15 is 0 Å². The van der Waals surface area contributed by atoms with Gasteiger partial charge in [-0.1, -0.05) is 52.8 Å². The number of rotatable bonds is 9. The Kier molecular flexibility index (Phi) is 20.5. The highest BCUT2D eigenvalue weighted by Gasteiger charge is 2.38. The fourth-order valence-corrected chi connectivity index (χ4v) is 4.17. The summed E-state index contributed by atoms with van der Waals surface area (Å²) >= 11 is 0. The number of ether oxygens (including phenoxy) is 2. The van der Waals surface area contributed by atoms with Crippen molar-refractivity contribution < 1.29 is 26.7 Å². The van der Waals surface area contributed by atoms with Crippen LogP contribution in [0.25, 0.3) is 0 Å². The second-order valence-electron chi connectivity index (χ2n) is 8.48. The van der Waals surface area contributed by atoms with Gasteiger partial charge in [-0.25, -0.2) is 17.2 Å². The van der Waals surface area contributed by atoms with Gasteiger partial charge in [0.25, 0.3) is 0 Å². The van der Waals surface area contributed by atoms with E-state index < -0.39 is 26.2 Å². The van der Waals surface area contributed by atoms with Gasteiger partial charge < -0.3 is 14.9 Å². The van der Waals surface area contributed by atoms with Crippen LogP contribution in [0.5, 0.6) is 5.75 Å². The van der Waals surface area contributed by atoms with Gasteiger partial charge in [-0.2, -0.15) is 0 Å². The summed E-state index contributed by atoms with van der Waals surface area (Å²) in [6, 6.07) is 12.2. The molecule has 0 radical (unpaired) electrons. The Balaban J connectivity index is 0. The van der Waals surface area contributed by atoms with Crippen LogP contribution in [-0.2, 0) is 20.3 Å². The molecule has 0 aliphatic heterocycles. The van der Waals surface area contributed by atoms with Crippen LogP contribution in [0.15, 0.2) is 48.5 Å². The zero-order valence-electron chi connectivity index (χ0n) is 24.7. The molecular formula is C30H49F2NO4S. The maximum Gasteiger partial charge on any atom is 0.165 e. The van der Waals surface area contributed by atoms with Crippen molar-refractivity contribution in [1.29, 1.82) is 5.41 Å². The van der Waals surface area contributed by atoms with E-state index in [1.54, 1.807) is 32.2 Å². The van der Waals surface area contributed by atoms with Gasteiger partial charge in [-0.05, 0) is 76.3 Å². The molecule has 0 unspecified atom stereocenters. The summed E-state index contributed by atoms with van der Waals surface area (Å²) in [7, 11) is -2.02. The molecule has 5 nitrogen and oxygen atoms in total. The Morgan fingerprint density at radius 2 is 1.53 bits per heavy atom. The molecule has 1 saturated carbocycles. The van der Waals surface area contributed by atoms with Crippen LogP contribution in [0.1, 0.15) is 80.2 Å². The van der Waals surface area contributed by atoms with E-state index in [1.165, 1.54) is 44.2 Å². The number of hydrogen-bond acceptors (Lipinski definition) is 5. The number of methoxy groups -OCH3 is 1. The Hall–Kier alpha value is -2.32. The quantitative estimate of drug-likeness (QED) is 0.315. The highest BCUT2D eigenvalue weighted by atomic mass is 32.2. The van der Waals surface area contributed by atoms with Crippen LogP contribution in [-0.4, -0.2) is 39.2 Å². The second-order valence-corrected chi connectivity index (χ2v) is 11.0. The lowest BCUT2D eigenvalue weighted by Crippen LogP contribution is -2.40. The highest BCUT2D eigenvalue weighted by Crippen LogP contribution is 2.31. The van der Waals surface area contributed by atoms with Crippen LogP contribution < -0.4 is 4.74 Å². The summed E-state index contributed by atoms with van der Waals surface area (Å²) < 4.78 is 60.0. The van der Waals surface area contributed by atoms with Crippen molar-refractivity contribution in [3.05, 3.63) is 65.7 Å². The first-order chi connectivity index (χ1) is 18.0. The molecule has 0 atom stereocenters. The molecular weight excluding hydrogens is 508 g/mol. The molecule has 1 N–H and O–H groups in total. The topological polar surface area (TPSA) is 76.5 Å². The van der Waals surface area contributed by atoms with Crippen LogP contribution in [0.4, 0.5) is 8.78 Å². The van der Waals surface area contributed by atoms with E-state index in [0.717, 1.165) is 19.4 Å². The average Bonchev–Trinajstić information content (AvgIpc) is 3.76. The van der Waals surface area contributed by atoms with Crippen molar-refractivity contribution in [2.45, 2.75) is 85.2 Å². The number of sulfone groups is 1. The average molecular weight is 558 g/mol.